The quantitative estimate of drug-likeness (QED) is 0.563. The van der Waals surface area contributed by atoms with Crippen molar-refractivity contribution in [1.29, 1.82) is 0 Å². The highest BCUT2D eigenvalue weighted by molar-refractivity contribution is 5.24. The fraction of sp³-hybridized carbons (Fsp3) is 0.143. The molecule has 0 aromatic carbocycles. The van der Waals surface area contributed by atoms with Crippen LogP contribution in [0.15, 0.2) is 36.3 Å². The Hall–Kier alpha value is -1.05. The van der Waals surface area contributed by atoms with Crippen LogP contribution in [0.2, 0.25) is 0 Å². The molecule has 0 atom stereocenters. The SMILES string of the molecule is C=C(F)/C(C)=C\C=C/N. The van der Waals surface area contributed by atoms with Crippen LogP contribution in [-0.2, 0) is 0 Å². The predicted octanol–water partition coefficient (Wildman–Crippen LogP) is 1.89. The third-order valence-corrected chi connectivity index (χ3v) is 0.885. The molecule has 0 aromatic rings. The molecular weight excluding hydrogens is 117 g/mol. The van der Waals surface area contributed by atoms with Crippen molar-refractivity contribution in [2.24, 2.45) is 5.73 Å². The zero-order chi connectivity index (χ0) is 7.28. The molecule has 0 aliphatic rings. The molecule has 0 rings (SSSR count). The lowest BCUT2D eigenvalue weighted by Crippen LogP contribution is -1.76. The molecule has 0 spiro atoms. The van der Waals surface area contributed by atoms with Crippen LogP contribution in [0.25, 0.3) is 0 Å². The lowest BCUT2D eigenvalue weighted by molar-refractivity contribution is 0.656. The van der Waals surface area contributed by atoms with Crippen LogP contribution in [0.4, 0.5) is 4.39 Å². The van der Waals surface area contributed by atoms with Crippen LogP contribution in [0.3, 0.4) is 0 Å². The molecule has 50 valence electrons. The van der Waals surface area contributed by atoms with Gasteiger partial charge in [0.25, 0.3) is 0 Å². The lowest BCUT2D eigenvalue weighted by Gasteiger charge is -1.88. The molecule has 0 bridgehead atoms. The van der Waals surface area contributed by atoms with Gasteiger partial charge in [0.15, 0.2) is 0 Å². The summed E-state index contributed by atoms with van der Waals surface area (Å²) in [7, 11) is 0. The molecule has 0 heterocycles. The first-order valence-electron chi connectivity index (χ1n) is 2.58. The van der Waals surface area contributed by atoms with Crippen molar-refractivity contribution in [1.82, 2.24) is 0 Å². The maximum absolute atomic E-state index is 12.1. The Balaban J connectivity index is 4.00. The van der Waals surface area contributed by atoms with E-state index in [2.05, 4.69) is 6.58 Å². The van der Waals surface area contributed by atoms with Crippen LogP contribution in [0, 0.1) is 0 Å². The molecule has 0 aliphatic heterocycles. The fourth-order valence-corrected chi connectivity index (χ4v) is 0.290. The number of hydrogen-bond donors (Lipinski definition) is 1. The number of halogens is 1. The van der Waals surface area contributed by atoms with Crippen molar-refractivity contribution in [2.45, 2.75) is 6.92 Å². The third-order valence-electron chi connectivity index (χ3n) is 0.885. The topological polar surface area (TPSA) is 26.0 Å². The summed E-state index contributed by atoms with van der Waals surface area (Å²) in [5.74, 6) is -0.423. The summed E-state index contributed by atoms with van der Waals surface area (Å²) >= 11 is 0. The Labute approximate surface area is 54.4 Å². The van der Waals surface area contributed by atoms with Crippen molar-refractivity contribution in [3.8, 4) is 0 Å². The number of nitrogens with two attached hydrogens (primary N) is 1. The van der Waals surface area contributed by atoms with Crippen LogP contribution in [-0.4, -0.2) is 0 Å². The van der Waals surface area contributed by atoms with Crippen LogP contribution < -0.4 is 5.73 Å². The minimum atomic E-state index is -0.423. The second-order valence-corrected chi connectivity index (χ2v) is 1.64. The molecule has 2 N–H and O–H groups in total. The maximum atomic E-state index is 12.1. The molecular formula is C7H10FN. The zero-order valence-corrected chi connectivity index (χ0v) is 5.39. The first kappa shape index (κ1) is 7.95. The molecule has 0 amide bonds. The van der Waals surface area contributed by atoms with E-state index in [4.69, 9.17) is 5.73 Å². The zero-order valence-electron chi connectivity index (χ0n) is 5.39. The van der Waals surface area contributed by atoms with Gasteiger partial charge in [-0.2, -0.15) is 0 Å². The first-order valence-corrected chi connectivity index (χ1v) is 2.58. The van der Waals surface area contributed by atoms with Crippen molar-refractivity contribution in [3.63, 3.8) is 0 Å². The first-order chi connectivity index (χ1) is 4.18. The second kappa shape index (κ2) is 3.89. The van der Waals surface area contributed by atoms with E-state index in [9.17, 15) is 4.39 Å². The van der Waals surface area contributed by atoms with Gasteiger partial charge in [0.1, 0.15) is 5.83 Å². The molecule has 9 heavy (non-hydrogen) atoms. The smallest absolute Gasteiger partial charge is 0.118 e. The van der Waals surface area contributed by atoms with Gasteiger partial charge < -0.3 is 5.73 Å². The average Bonchev–Trinajstić information content (AvgIpc) is 1.82. The summed E-state index contributed by atoms with van der Waals surface area (Å²) < 4.78 is 12.1. The number of hydrogen-bond acceptors (Lipinski definition) is 1. The van der Waals surface area contributed by atoms with E-state index in [1.165, 1.54) is 6.20 Å². The highest BCUT2D eigenvalue weighted by atomic mass is 19.1. The summed E-state index contributed by atoms with van der Waals surface area (Å²) in [6, 6.07) is 0. The van der Waals surface area contributed by atoms with Gasteiger partial charge in [0, 0.05) is 0 Å². The summed E-state index contributed by atoms with van der Waals surface area (Å²) in [5, 5.41) is 0. The number of rotatable bonds is 2. The molecule has 0 aromatic heterocycles. The van der Waals surface area contributed by atoms with Gasteiger partial charge in [-0.3, -0.25) is 0 Å². The van der Waals surface area contributed by atoms with E-state index < -0.39 is 5.83 Å². The van der Waals surface area contributed by atoms with Crippen LogP contribution in [0.5, 0.6) is 0 Å². The highest BCUT2D eigenvalue weighted by Crippen LogP contribution is 2.06. The lowest BCUT2D eigenvalue weighted by atomic mass is 10.2. The Morgan fingerprint density at radius 3 is 2.56 bits per heavy atom. The average molecular weight is 127 g/mol. The largest absolute Gasteiger partial charge is 0.405 e. The van der Waals surface area contributed by atoms with E-state index >= 15 is 0 Å². The third kappa shape index (κ3) is 3.53. The van der Waals surface area contributed by atoms with Crippen molar-refractivity contribution < 1.29 is 4.39 Å². The van der Waals surface area contributed by atoms with Gasteiger partial charge in [0.2, 0.25) is 0 Å². The molecule has 0 saturated carbocycles. The predicted molar refractivity (Wildman–Crippen MR) is 37.3 cm³/mol. The van der Waals surface area contributed by atoms with E-state index in [-0.39, 0.29) is 0 Å². The standard InChI is InChI=1S/C7H10FN/c1-6(7(2)8)4-3-5-9/h3-5H,2,9H2,1H3/b5-3-,6-4-. The number of allylic oxidation sites excluding steroid dienone is 4. The molecule has 2 heteroatoms. The second-order valence-electron chi connectivity index (χ2n) is 1.64. The molecule has 1 nitrogen and oxygen atoms in total. The summed E-state index contributed by atoms with van der Waals surface area (Å²) in [4.78, 5) is 0. The van der Waals surface area contributed by atoms with Gasteiger partial charge in [-0.15, -0.1) is 0 Å². The minimum Gasteiger partial charge on any atom is -0.405 e. The monoisotopic (exact) mass is 127 g/mol. The van der Waals surface area contributed by atoms with Crippen molar-refractivity contribution >= 4 is 0 Å². The minimum absolute atomic E-state index is 0.423. The van der Waals surface area contributed by atoms with Gasteiger partial charge in [-0.25, -0.2) is 4.39 Å². The van der Waals surface area contributed by atoms with Crippen molar-refractivity contribution in [3.05, 3.63) is 36.3 Å². The van der Waals surface area contributed by atoms with Gasteiger partial charge in [0.05, 0.1) is 0 Å². The fourth-order valence-electron chi connectivity index (χ4n) is 0.290. The molecule has 0 fully saturated rings. The maximum Gasteiger partial charge on any atom is 0.118 e. The van der Waals surface area contributed by atoms with Crippen LogP contribution >= 0.6 is 0 Å². The Kier molecular flexibility index (Phi) is 3.44. The Bertz CT molecular complexity index is 156. The Morgan fingerprint density at radius 2 is 2.22 bits per heavy atom. The van der Waals surface area contributed by atoms with E-state index in [1.54, 1.807) is 19.1 Å². The summed E-state index contributed by atoms with van der Waals surface area (Å²) in [6.45, 7) is 4.73. The summed E-state index contributed by atoms with van der Waals surface area (Å²) in [6.07, 6.45) is 4.45. The molecule has 0 unspecified atom stereocenters. The van der Waals surface area contributed by atoms with E-state index in [0.29, 0.717) is 5.57 Å². The summed E-state index contributed by atoms with van der Waals surface area (Å²) in [5.41, 5.74) is 5.50. The van der Waals surface area contributed by atoms with E-state index in [1.807, 2.05) is 0 Å². The van der Waals surface area contributed by atoms with Crippen LogP contribution in [0.1, 0.15) is 6.92 Å². The normalized spacial score (nSPS) is 12.4. The van der Waals surface area contributed by atoms with Gasteiger partial charge >= 0.3 is 0 Å². The van der Waals surface area contributed by atoms with Crippen molar-refractivity contribution in [2.75, 3.05) is 0 Å². The molecule has 0 radical (unpaired) electrons. The molecule has 0 aliphatic carbocycles. The molecule has 0 saturated heterocycles. The highest BCUT2D eigenvalue weighted by Gasteiger charge is 1.88. The van der Waals surface area contributed by atoms with E-state index in [0.717, 1.165) is 0 Å². The Morgan fingerprint density at radius 1 is 1.67 bits per heavy atom. The van der Waals surface area contributed by atoms with Gasteiger partial charge in [-0.05, 0) is 24.8 Å². The van der Waals surface area contributed by atoms with Gasteiger partial charge in [-0.1, -0.05) is 12.7 Å².